The molecule has 0 atom stereocenters. The van der Waals surface area contributed by atoms with E-state index >= 15 is 0 Å². The highest BCUT2D eigenvalue weighted by molar-refractivity contribution is 6.33. The summed E-state index contributed by atoms with van der Waals surface area (Å²) < 4.78 is 1.77. The molecule has 3 aromatic rings. The van der Waals surface area contributed by atoms with Crippen LogP contribution in [-0.4, -0.2) is 51.0 Å². The minimum atomic E-state index is 0.398. The molecule has 0 N–H and O–H groups in total. The van der Waals surface area contributed by atoms with Crippen LogP contribution in [0.4, 0.5) is 11.5 Å². The van der Waals surface area contributed by atoms with Gasteiger partial charge in [0.1, 0.15) is 5.82 Å². The molecule has 7 nitrogen and oxygen atoms in total. The molecule has 0 aliphatic carbocycles. The second-order valence-corrected chi connectivity index (χ2v) is 6.11. The zero-order valence-corrected chi connectivity index (χ0v) is 13.6. The lowest BCUT2D eigenvalue weighted by Gasteiger charge is -2.45. The average molecular weight is 330 g/mol. The summed E-state index contributed by atoms with van der Waals surface area (Å²) in [5.41, 5.74) is 1.77. The van der Waals surface area contributed by atoms with Gasteiger partial charge in [0.05, 0.1) is 16.8 Å². The number of hydrogen-bond acceptors (Lipinski definition) is 6. The summed E-state index contributed by atoms with van der Waals surface area (Å²) in [6.07, 6.45) is 3.44. The number of hydrogen-bond donors (Lipinski definition) is 0. The van der Waals surface area contributed by atoms with Crippen LogP contribution >= 0.6 is 11.6 Å². The van der Waals surface area contributed by atoms with Crippen molar-refractivity contribution in [2.75, 3.05) is 29.9 Å². The molecule has 23 heavy (non-hydrogen) atoms. The fourth-order valence-electron chi connectivity index (χ4n) is 2.79. The van der Waals surface area contributed by atoms with E-state index < -0.39 is 0 Å². The van der Waals surface area contributed by atoms with Crippen LogP contribution in [-0.2, 0) is 0 Å². The van der Waals surface area contributed by atoms with Crippen molar-refractivity contribution in [1.82, 2.24) is 24.8 Å². The summed E-state index contributed by atoms with van der Waals surface area (Å²) >= 11 is 6.22. The normalized spacial score (nSPS) is 15.0. The van der Waals surface area contributed by atoms with Crippen molar-refractivity contribution >= 4 is 28.8 Å². The van der Waals surface area contributed by atoms with Gasteiger partial charge in [-0.25, -0.2) is 0 Å². The molecule has 0 radical (unpaired) electrons. The molecule has 1 aliphatic rings. The van der Waals surface area contributed by atoms with Gasteiger partial charge < -0.3 is 9.80 Å². The van der Waals surface area contributed by atoms with E-state index in [1.165, 1.54) is 0 Å². The first-order chi connectivity index (χ1) is 11.1. The minimum absolute atomic E-state index is 0.398. The summed E-state index contributed by atoms with van der Waals surface area (Å²) in [5, 5.41) is 13.4. The Balaban J connectivity index is 1.50. The number of aryl methyl sites for hydroxylation is 1. The molecule has 0 bridgehead atoms. The molecule has 8 heteroatoms. The number of anilines is 2. The lowest BCUT2D eigenvalue weighted by molar-refractivity contribution is 0.489. The molecular formula is C15H16ClN7. The number of halogens is 1. The van der Waals surface area contributed by atoms with Crippen molar-refractivity contribution in [1.29, 1.82) is 0 Å². The summed E-state index contributed by atoms with van der Waals surface area (Å²) in [7, 11) is 2.06. The molecular weight excluding hydrogens is 314 g/mol. The fourth-order valence-corrected chi connectivity index (χ4v) is 3.05. The Morgan fingerprint density at radius 2 is 2.04 bits per heavy atom. The molecule has 0 amide bonds. The maximum absolute atomic E-state index is 6.22. The number of rotatable bonds is 3. The van der Waals surface area contributed by atoms with E-state index in [0.29, 0.717) is 11.1 Å². The summed E-state index contributed by atoms with van der Waals surface area (Å²) in [4.78, 5) is 8.46. The van der Waals surface area contributed by atoms with Gasteiger partial charge in [0.15, 0.2) is 11.5 Å². The van der Waals surface area contributed by atoms with Crippen LogP contribution in [0, 0.1) is 6.92 Å². The lowest BCUT2D eigenvalue weighted by Crippen LogP contribution is -2.59. The number of fused-ring (bicyclic) bond motifs is 1. The maximum Gasteiger partial charge on any atom is 0.178 e. The van der Waals surface area contributed by atoms with E-state index in [1.807, 2.05) is 25.1 Å². The highest BCUT2D eigenvalue weighted by Gasteiger charge is 2.32. The molecule has 1 saturated heterocycles. The van der Waals surface area contributed by atoms with Crippen LogP contribution in [0.15, 0.2) is 30.6 Å². The third-order valence-electron chi connectivity index (χ3n) is 4.27. The number of nitrogens with zero attached hydrogens (tertiary/aromatic N) is 7. The molecule has 118 valence electrons. The summed E-state index contributed by atoms with van der Waals surface area (Å²) in [5.74, 6) is 1.73. The molecule has 3 aromatic heterocycles. The monoisotopic (exact) mass is 329 g/mol. The fraction of sp³-hybridized carbons (Fsp3) is 0.333. The maximum atomic E-state index is 6.22. The Hall–Kier alpha value is -2.41. The van der Waals surface area contributed by atoms with E-state index in [1.54, 1.807) is 16.9 Å². The molecule has 0 saturated carbocycles. The van der Waals surface area contributed by atoms with Gasteiger partial charge in [-0.3, -0.25) is 4.98 Å². The van der Waals surface area contributed by atoms with Gasteiger partial charge >= 0.3 is 0 Å². The second-order valence-electron chi connectivity index (χ2n) is 5.71. The second kappa shape index (κ2) is 5.34. The van der Waals surface area contributed by atoms with Crippen molar-refractivity contribution in [3.8, 4) is 0 Å². The third kappa shape index (κ3) is 2.37. The molecule has 1 aliphatic heterocycles. The quantitative estimate of drug-likeness (QED) is 0.730. The smallest absolute Gasteiger partial charge is 0.178 e. The minimum Gasteiger partial charge on any atom is -0.367 e. The highest BCUT2D eigenvalue weighted by Crippen LogP contribution is 2.29. The molecule has 0 unspecified atom stereocenters. The lowest BCUT2D eigenvalue weighted by atomic mass is 10.1. The van der Waals surface area contributed by atoms with Crippen molar-refractivity contribution < 1.29 is 0 Å². The Bertz CT molecular complexity index is 856. The SMILES string of the molecule is Cc1nnc2ccc(N3CC(N(C)c4ccncc4Cl)C3)nn12. The van der Waals surface area contributed by atoms with E-state index in [9.17, 15) is 0 Å². The molecule has 1 fully saturated rings. The molecule has 0 aromatic carbocycles. The summed E-state index contributed by atoms with van der Waals surface area (Å²) in [6.45, 7) is 3.69. The van der Waals surface area contributed by atoms with E-state index in [-0.39, 0.29) is 0 Å². The van der Waals surface area contributed by atoms with Gasteiger partial charge in [0.25, 0.3) is 0 Å². The zero-order valence-electron chi connectivity index (χ0n) is 12.9. The topological polar surface area (TPSA) is 62.5 Å². The van der Waals surface area contributed by atoms with E-state index in [4.69, 9.17) is 11.6 Å². The van der Waals surface area contributed by atoms with Crippen LogP contribution in [0.2, 0.25) is 5.02 Å². The molecule has 4 rings (SSSR count). The van der Waals surface area contributed by atoms with Gasteiger partial charge in [0.2, 0.25) is 0 Å². The average Bonchev–Trinajstić information content (AvgIpc) is 2.87. The summed E-state index contributed by atoms with van der Waals surface area (Å²) in [6, 6.07) is 6.27. The van der Waals surface area contributed by atoms with Gasteiger partial charge in [0, 0.05) is 32.5 Å². The predicted octanol–water partition coefficient (Wildman–Crippen LogP) is 1.81. The number of likely N-dealkylation sites (N-methyl/N-ethyl adjacent to an activating group) is 1. The van der Waals surface area contributed by atoms with Gasteiger partial charge in [-0.1, -0.05) is 11.6 Å². The Labute approximate surface area is 138 Å². The first-order valence-electron chi connectivity index (χ1n) is 7.40. The van der Waals surface area contributed by atoms with Crippen LogP contribution < -0.4 is 9.80 Å². The van der Waals surface area contributed by atoms with Crippen molar-refractivity contribution in [2.45, 2.75) is 13.0 Å². The Morgan fingerprint density at radius 3 is 2.83 bits per heavy atom. The Morgan fingerprint density at radius 1 is 1.22 bits per heavy atom. The van der Waals surface area contributed by atoms with E-state index in [2.05, 4.69) is 37.1 Å². The van der Waals surface area contributed by atoms with Crippen molar-refractivity contribution in [3.63, 3.8) is 0 Å². The zero-order chi connectivity index (χ0) is 16.0. The van der Waals surface area contributed by atoms with Gasteiger partial charge in [-0.2, -0.15) is 4.52 Å². The largest absolute Gasteiger partial charge is 0.367 e. The van der Waals surface area contributed by atoms with Crippen LogP contribution in [0.3, 0.4) is 0 Å². The molecule has 0 spiro atoms. The Kier molecular flexibility index (Phi) is 3.30. The van der Waals surface area contributed by atoms with E-state index in [0.717, 1.165) is 36.1 Å². The first kappa shape index (κ1) is 14.2. The van der Waals surface area contributed by atoms with Crippen molar-refractivity contribution in [3.05, 3.63) is 41.4 Å². The predicted molar refractivity (Wildman–Crippen MR) is 89.2 cm³/mol. The molecule has 4 heterocycles. The number of pyridine rings is 1. The third-order valence-corrected chi connectivity index (χ3v) is 4.56. The van der Waals surface area contributed by atoms with Crippen LogP contribution in [0.5, 0.6) is 0 Å². The van der Waals surface area contributed by atoms with Gasteiger partial charge in [-0.15, -0.1) is 15.3 Å². The van der Waals surface area contributed by atoms with Crippen LogP contribution in [0.25, 0.3) is 5.65 Å². The first-order valence-corrected chi connectivity index (χ1v) is 7.77. The number of aromatic nitrogens is 5. The highest BCUT2D eigenvalue weighted by atomic mass is 35.5. The van der Waals surface area contributed by atoms with Crippen LogP contribution in [0.1, 0.15) is 5.82 Å². The van der Waals surface area contributed by atoms with Gasteiger partial charge in [-0.05, 0) is 25.1 Å². The standard InChI is InChI=1S/C15H16ClN7/c1-10-18-19-14-3-4-15(20-23(10)14)22-8-11(9-22)21(2)13-5-6-17-7-12(13)16/h3-7,11H,8-9H2,1-2H3. The van der Waals surface area contributed by atoms with Crippen molar-refractivity contribution in [2.24, 2.45) is 0 Å².